The van der Waals surface area contributed by atoms with E-state index in [4.69, 9.17) is 5.11 Å². The molecule has 0 saturated heterocycles. The smallest absolute Gasteiger partial charge is 0.305 e. The Morgan fingerprint density at radius 1 is 1.43 bits per heavy atom. The predicted molar refractivity (Wildman–Crippen MR) is 81.2 cm³/mol. The zero-order valence-electron chi connectivity index (χ0n) is 12.3. The zero-order valence-corrected chi connectivity index (χ0v) is 12.3. The van der Waals surface area contributed by atoms with Crippen molar-refractivity contribution in [3.05, 3.63) is 29.8 Å². The van der Waals surface area contributed by atoms with Gasteiger partial charge in [0.05, 0.1) is 12.3 Å². The SMILES string of the molecule is CCCC(CC(=O)O)NC(=O)C1CNc2ccccc2C1. The van der Waals surface area contributed by atoms with Crippen molar-refractivity contribution in [2.75, 3.05) is 11.9 Å². The van der Waals surface area contributed by atoms with Gasteiger partial charge in [0, 0.05) is 18.3 Å². The molecule has 2 unspecified atom stereocenters. The second-order valence-electron chi connectivity index (χ2n) is 5.53. The van der Waals surface area contributed by atoms with Gasteiger partial charge in [-0.3, -0.25) is 9.59 Å². The second kappa shape index (κ2) is 7.11. The molecule has 3 N–H and O–H groups in total. The van der Waals surface area contributed by atoms with Gasteiger partial charge in [-0.2, -0.15) is 0 Å². The van der Waals surface area contributed by atoms with Crippen molar-refractivity contribution in [2.45, 2.75) is 38.6 Å². The van der Waals surface area contributed by atoms with Gasteiger partial charge in [-0.1, -0.05) is 31.5 Å². The molecule has 2 atom stereocenters. The first-order valence-electron chi connectivity index (χ1n) is 7.44. The monoisotopic (exact) mass is 290 g/mol. The van der Waals surface area contributed by atoms with Crippen LogP contribution in [0, 0.1) is 5.92 Å². The Bertz CT molecular complexity index is 516. The minimum atomic E-state index is -0.874. The molecule has 1 heterocycles. The van der Waals surface area contributed by atoms with Gasteiger partial charge in [0.25, 0.3) is 0 Å². The standard InChI is InChI=1S/C16H22N2O3/c1-2-5-13(9-15(19)20)18-16(21)12-8-11-6-3-4-7-14(11)17-10-12/h3-4,6-7,12-13,17H,2,5,8-10H2,1H3,(H,18,21)(H,19,20). The molecule has 0 aliphatic carbocycles. The lowest BCUT2D eigenvalue weighted by atomic mass is 9.93. The summed E-state index contributed by atoms with van der Waals surface area (Å²) in [5, 5.41) is 15.1. The number of anilines is 1. The lowest BCUT2D eigenvalue weighted by Gasteiger charge is -2.27. The summed E-state index contributed by atoms with van der Waals surface area (Å²) in [5.74, 6) is -1.08. The number of aliphatic carboxylic acids is 1. The Morgan fingerprint density at radius 3 is 2.90 bits per heavy atom. The van der Waals surface area contributed by atoms with Crippen molar-refractivity contribution >= 4 is 17.6 Å². The summed E-state index contributed by atoms with van der Waals surface area (Å²) in [7, 11) is 0. The number of carbonyl (C=O) groups excluding carboxylic acids is 1. The van der Waals surface area contributed by atoms with E-state index in [0.29, 0.717) is 19.4 Å². The maximum atomic E-state index is 12.3. The maximum absolute atomic E-state index is 12.3. The van der Waals surface area contributed by atoms with Crippen LogP contribution >= 0.6 is 0 Å². The van der Waals surface area contributed by atoms with Gasteiger partial charge in [0.2, 0.25) is 5.91 Å². The third-order valence-corrected chi connectivity index (χ3v) is 3.80. The van der Waals surface area contributed by atoms with Crippen LogP contribution in [0.1, 0.15) is 31.7 Å². The van der Waals surface area contributed by atoms with Crippen LogP contribution in [0.3, 0.4) is 0 Å². The van der Waals surface area contributed by atoms with Crippen LogP contribution in [-0.2, 0) is 16.0 Å². The summed E-state index contributed by atoms with van der Waals surface area (Å²) in [4.78, 5) is 23.2. The maximum Gasteiger partial charge on any atom is 0.305 e. The number of hydrogen-bond donors (Lipinski definition) is 3. The van der Waals surface area contributed by atoms with Crippen LogP contribution < -0.4 is 10.6 Å². The molecule has 1 aromatic rings. The predicted octanol–water partition coefficient (Wildman–Crippen LogP) is 2.03. The summed E-state index contributed by atoms with van der Waals surface area (Å²) < 4.78 is 0. The van der Waals surface area contributed by atoms with Crippen molar-refractivity contribution in [3.8, 4) is 0 Å². The van der Waals surface area contributed by atoms with Crippen molar-refractivity contribution in [2.24, 2.45) is 5.92 Å². The summed E-state index contributed by atoms with van der Waals surface area (Å²) in [6.45, 7) is 2.58. The highest BCUT2D eigenvalue weighted by Gasteiger charge is 2.26. The first kappa shape index (κ1) is 15.4. The van der Waals surface area contributed by atoms with E-state index in [1.165, 1.54) is 0 Å². The lowest BCUT2D eigenvalue weighted by molar-refractivity contribution is -0.137. The highest BCUT2D eigenvalue weighted by Crippen LogP contribution is 2.24. The molecule has 1 aliphatic heterocycles. The van der Waals surface area contributed by atoms with Gasteiger partial charge in [-0.15, -0.1) is 0 Å². The molecule has 5 nitrogen and oxygen atoms in total. The average molecular weight is 290 g/mol. The van der Waals surface area contributed by atoms with Crippen LogP contribution in [-0.4, -0.2) is 29.6 Å². The van der Waals surface area contributed by atoms with Crippen molar-refractivity contribution in [3.63, 3.8) is 0 Å². The third-order valence-electron chi connectivity index (χ3n) is 3.80. The van der Waals surface area contributed by atoms with E-state index in [0.717, 1.165) is 17.7 Å². The van der Waals surface area contributed by atoms with E-state index in [1.54, 1.807) is 0 Å². The number of nitrogens with one attached hydrogen (secondary N) is 2. The van der Waals surface area contributed by atoms with E-state index in [9.17, 15) is 9.59 Å². The number of hydrogen-bond acceptors (Lipinski definition) is 3. The molecule has 0 bridgehead atoms. The first-order chi connectivity index (χ1) is 10.1. The number of amides is 1. The van der Waals surface area contributed by atoms with Gasteiger partial charge >= 0.3 is 5.97 Å². The highest BCUT2D eigenvalue weighted by molar-refractivity contribution is 5.81. The minimum absolute atomic E-state index is 0.0175. The molecule has 0 spiro atoms. The average Bonchev–Trinajstić information content (AvgIpc) is 2.46. The molecule has 114 valence electrons. The minimum Gasteiger partial charge on any atom is -0.481 e. The first-order valence-corrected chi connectivity index (χ1v) is 7.44. The number of benzene rings is 1. The number of para-hydroxylation sites is 1. The highest BCUT2D eigenvalue weighted by atomic mass is 16.4. The van der Waals surface area contributed by atoms with Gasteiger partial charge in [-0.25, -0.2) is 0 Å². The topological polar surface area (TPSA) is 78.4 Å². The van der Waals surface area contributed by atoms with Crippen molar-refractivity contribution < 1.29 is 14.7 Å². The van der Waals surface area contributed by atoms with E-state index in [1.807, 2.05) is 31.2 Å². The Balaban J connectivity index is 1.95. The number of carbonyl (C=O) groups is 2. The number of rotatable bonds is 6. The molecule has 0 aromatic heterocycles. The molecule has 1 aromatic carbocycles. The van der Waals surface area contributed by atoms with Crippen molar-refractivity contribution in [1.29, 1.82) is 0 Å². The van der Waals surface area contributed by atoms with Crippen LogP contribution in [0.25, 0.3) is 0 Å². The van der Waals surface area contributed by atoms with Gasteiger partial charge in [-0.05, 0) is 24.5 Å². The quantitative estimate of drug-likeness (QED) is 0.749. The fourth-order valence-electron chi connectivity index (χ4n) is 2.73. The normalized spacial score (nSPS) is 18.2. The molecule has 21 heavy (non-hydrogen) atoms. The third kappa shape index (κ3) is 4.21. The van der Waals surface area contributed by atoms with Gasteiger partial charge in [0.15, 0.2) is 0 Å². The van der Waals surface area contributed by atoms with Crippen LogP contribution in [0.2, 0.25) is 0 Å². The summed E-state index contributed by atoms with van der Waals surface area (Å²) in [5.41, 5.74) is 2.21. The molecule has 5 heteroatoms. The summed E-state index contributed by atoms with van der Waals surface area (Å²) >= 11 is 0. The lowest BCUT2D eigenvalue weighted by Crippen LogP contribution is -2.43. The Kier molecular flexibility index (Phi) is 5.20. The zero-order chi connectivity index (χ0) is 15.2. The molecular formula is C16H22N2O3. The molecule has 0 fully saturated rings. The Morgan fingerprint density at radius 2 is 2.19 bits per heavy atom. The van der Waals surface area contributed by atoms with Gasteiger partial charge in [0.1, 0.15) is 0 Å². The fourth-order valence-corrected chi connectivity index (χ4v) is 2.73. The number of carboxylic acids is 1. The second-order valence-corrected chi connectivity index (χ2v) is 5.53. The molecule has 1 aliphatic rings. The van der Waals surface area contributed by atoms with Crippen LogP contribution in [0.5, 0.6) is 0 Å². The Hall–Kier alpha value is -2.04. The molecule has 0 radical (unpaired) electrons. The fraction of sp³-hybridized carbons (Fsp3) is 0.500. The van der Waals surface area contributed by atoms with E-state index < -0.39 is 5.97 Å². The number of fused-ring (bicyclic) bond motifs is 1. The van der Waals surface area contributed by atoms with Crippen molar-refractivity contribution in [1.82, 2.24) is 5.32 Å². The molecular weight excluding hydrogens is 268 g/mol. The van der Waals surface area contributed by atoms with Crippen LogP contribution in [0.4, 0.5) is 5.69 Å². The van der Waals surface area contributed by atoms with E-state index >= 15 is 0 Å². The number of carboxylic acid groups (broad SMARTS) is 1. The van der Waals surface area contributed by atoms with Gasteiger partial charge < -0.3 is 15.7 Å². The Labute approximate surface area is 124 Å². The molecule has 2 rings (SSSR count). The summed E-state index contributed by atoms with van der Waals surface area (Å²) in [6, 6.07) is 7.68. The molecule has 1 amide bonds. The van der Waals surface area contributed by atoms with E-state index in [-0.39, 0.29) is 24.3 Å². The van der Waals surface area contributed by atoms with Crippen LogP contribution in [0.15, 0.2) is 24.3 Å². The summed E-state index contributed by atoms with van der Waals surface area (Å²) in [6.07, 6.45) is 2.22. The molecule has 0 saturated carbocycles. The van der Waals surface area contributed by atoms with E-state index in [2.05, 4.69) is 10.6 Å². The largest absolute Gasteiger partial charge is 0.481 e.